The first kappa shape index (κ1) is 20.6. The molecule has 26 heavy (non-hydrogen) atoms. The van der Waals surface area contributed by atoms with Crippen molar-refractivity contribution in [1.29, 1.82) is 0 Å². The van der Waals surface area contributed by atoms with E-state index in [0.29, 0.717) is 32.4 Å². The highest BCUT2D eigenvalue weighted by atomic mass is 35.5. The molecule has 0 aromatic heterocycles. The van der Waals surface area contributed by atoms with Gasteiger partial charge < -0.3 is 10.2 Å². The molecule has 4 nitrogen and oxygen atoms in total. The molecule has 144 valence electrons. The number of likely N-dealkylation sites (tertiary alicyclic amines) is 1. The predicted octanol–water partition coefficient (Wildman–Crippen LogP) is 4.58. The molecule has 1 aliphatic rings. The Morgan fingerprint density at radius 2 is 1.88 bits per heavy atom. The van der Waals surface area contributed by atoms with E-state index >= 15 is 0 Å². The van der Waals surface area contributed by atoms with Crippen LogP contribution in [0, 0.1) is 11.8 Å². The van der Waals surface area contributed by atoms with Gasteiger partial charge in [0.15, 0.2) is 0 Å². The highest BCUT2D eigenvalue weighted by Crippen LogP contribution is 2.37. The number of piperidine rings is 1. The summed E-state index contributed by atoms with van der Waals surface area (Å²) in [7, 11) is 0. The van der Waals surface area contributed by atoms with Crippen molar-refractivity contribution in [2.75, 3.05) is 18.4 Å². The first-order chi connectivity index (χ1) is 12.1. The Morgan fingerprint density at radius 3 is 2.42 bits per heavy atom. The van der Waals surface area contributed by atoms with Gasteiger partial charge in [0.25, 0.3) is 0 Å². The second kappa shape index (κ2) is 8.29. The molecule has 1 saturated heterocycles. The Labute approximate surface area is 155 Å². The molecule has 0 radical (unpaired) electrons. The van der Waals surface area contributed by atoms with Crippen molar-refractivity contribution >= 4 is 29.1 Å². The molecule has 1 aromatic carbocycles. The van der Waals surface area contributed by atoms with Gasteiger partial charge in [-0.1, -0.05) is 25.4 Å². The van der Waals surface area contributed by atoms with E-state index in [1.807, 2.05) is 13.8 Å². The van der Waals surface area contributed by atoms with E-state index in [1.54, 1.807) is 4.90 Å². The van der Waals surface area contributed by atoms with E-state index < -0.39 is 23.6 Å². The van der Waals surface area contributed by atoms with E-state index in [2.05, 4.69) is 5.32 Å². The Hall–Kier alpha value is -1.76. The van der Waals surface area contributed by atoms with Gasteiger partial charge in [0.1, 0.15) is 0 Å². The summed E-state index contributed by atoms with van der Waals surface area (Å²) in [5, 5.41) is 2.32. The van der Waals surface area contributed by atoms with Gasteiger partial charge in [-0.05, 0) is 37.0 Å². The fraction of sp³-hybridized carbons (Fsp3) is 0.556. The van der Waals surface area contributed by atoms with Gasteiger partial charge in [-0.2, -0.15) is 13.2 Å². The molecule has 0 spiro atoms. The summed E-state index contributed by atoms with van der Waals surface area (Å²) >= 11 is 5.64. The molecular formula is C18H22ClF3N2O2. The zero-order valence-corrected chi connectivity index (χ0v) is 15.5. The summed E-state index contributed by atoms with van der Waals surface area (Å²) in [6.45, 7) is 4.80. The number of carbonyl (C=O) groups excluding carboxylic acids is 2. The fourth-order valence-corrected chi connectivity index (χ4v) is 3.14. The molecule has 1 aliphatic heterocycles. The lowest BCUT2D eigenvalue weighted by Crippen LogP contribution is -2.41. The van der Waals surface area contributed by atoms with E-state index in [4.69, 9.17) is 11.6 Å². The summed E-state index contributed by atoms with van der Waals surface area (Å²) in [5.41, 5.74) is -1.27. The van der Waals surface area contributed by atoms with Gasteiger partial charge in [-0.25, -0.2) is 0 Å². The highest BCUT2D eigenvalue weighted by molar-refractivity contribution is 6.30. The number of amides is 2. The molecule has 0 saturated carbocycles. The van der Waals surface area contributed by atoms with Gasteiger partial charge in [-0.15, -0.1) is 0 Å². The predicted molar refractivity (Wildman–Crippen MR) is 93.8 cm³/mol. The summed E-state index contributed by atoms with van der Waals surface area (Å²) in [4.78, 5) is 26.1. The number of halogens is 4. The Morgan fingerprint density at radius 1 is 1.27 bits per heavy atom. The van der Waals surface area contributed by atoms with Crippen LogP contribution in [0.5, 0.6) is 0 Å². The number of alkyl halides is 3. The van der Waals surface area contributed by atoms with Crippen LogP contribution in [-0.2, 0) is 15.8 Å². The van der Waals surface area contributed by atoms with Crippen LogP contribution >= 0.6 is 11.6 Å². The average molecular weight is 391 g/mol. The Bertz CT molecular complexity index is 669. The number of nitrogens with zero attached hydrogens (tertiary/aromatic N) is 1. The largest absolute Gasteiger partial charge is 0.418 e. The maximum Gasteiger partial charge on any atom is 0.418 e. The summed E-state index contributed by atoms with van der Waals surface area (Å²) < 4.78 is 39.3. The van der Waals surface area contributed by atoms with E-state index in [1.165, 1.54) is 6.07 Å². The van der Waals surface area contributed by atoms with Gasteiger partial charge in [0.2, 0.25) is 11.8 Å². The van der Waals surface area contributed by atoms with E-state index in [9.17, 15) is 22.8 Å². The minimum absolute atomic E-state index is 0.0488. The Kier molecular flexibility index (Phi) is 6.55. The fourth-order valence-electron chi connectivity index (χ4n) is 2.96. The molecule has 2 amide bonds. The molecule has 0 unspecified atom stereocenters. The van der Waals surface area contributed by atoms with Crippen LogP contribution in [0.2, 0.25) is 5.02 Å². The number of hydrogen-bond acceptors (Lipinski definition) is 2. The van der Waals surface area contributed by atoms with Crippen molar-refractivity contribution in [3.05, 3.63) is 28.8 Å². The third-order valence-electron chi connectivity index (χ3n) is 4.35. The normalized spacial score (nSPS) is 16.0. The molecule has 8 heteroatoms. The van der Waals surface area contributed by atoms with Crippen LogP contribution in [0.25, 0.3) is 0 Å². The molecule has 1 N–H and O–H groups in total. The van der Waals surface area contributed by atoms with Crippen molar-refractivity contribution in [1.82, 2.24) is 4.90 Å². The second-order valence-electron chi connectivity index (χ2n) is 6.93. The van der Waals surface area contributed by atoms with Gasteiger partial charge >= 0.3 is 6.18 Å². The summed E-state index contributed by atoms with van der Waals surface area (Å²) in [5.74, 6) is -0.575. The molecule has 1 heterocycles. The number of carbonyl (C=O) groups is 2. The van der Waals surface area contributed by atoms with Crippen LogP contribution in [0.1, 0.15) is 38.7 Å². The van der Waals surface area contributed by atoms with Crippen LogP contribution in [0.3, 0.4) is 0 Å². The molecule has 1 aromatic rings. The van der Waals surface area contributed by atoms with E-state index in [0.717, 1.165) is 12.1 Å². The summed E-state index contributed by atoms with van der Waals surface area (Å²) in [6.07, 6.45) is -3.29. The SMILES string of the molecule is CC(C)CC(=O)N1CCC(C(=O)Nc2ccc(Cl)cc2C(F)(F)F)CC1. The molecule has 2 rings (SSSR count). The molecule has 0 atom stereocenters. The Balaban J connectivity index is 1.99. The number of hydrogen-bond donors (Lipinski definition) is 1. The molecule has 0 aliphatic carbocycles. The lowest BCUT2D eigenvalue weighted by Gasteiger charge is -2.32. The quantitative estimate of drug-likeness (QED) is 0.817. The van der Waals surface area contributed by atoms with Crippen LogP contribution in [-0.4, -0.2) is 29.8 Å². The maximum atomic E-state index is 13.1. The minimum Gasteiger partial charge on any atom is -0.343 e. The average Bonchev–Trinajstić information content (AvgIpc) is 2.55. The number of rotatable bonds is 4. The third-order valence-corrected chi connectivity index (χ3v) is 4.58. The lowest BCUT2D eigenvalue weighted by atomic mass is 9.95. The zero-order valence-electron chi connectivity index (χ0n) is 14.7. The number of anilines is 1. The van der Waals surface area contributed by atoms with Crippen molar-refractivity contribution < 1.29 is 22.8 Å². The monoisotopic (exact) mass is 390 g/mol. The topological polar surface area (TPSA) is 49.4 Å². The van der Waals surface area contributed by atoms with Crippen molar-refractivity contribution in [3.8, 4) is 0 Å². The smallest absolute Gasteiger partial charge is 0.343 e. The standard InChI is InChI=1S/C18H22ClF3N2O2/c1-11(2)9-16(25)24-7-5-12(6-8-24)17(26)23-15-4-3-13(19)10-14(15)18(20,21)22/h3-4,10-12H,5-9H2,1-2H3,(H,23,26). The molecule has 1 fully saturated rings. The van der Waals surface area contributed by atoms with Crippen molar-refractivity contribution in [2.45, 2.75) is 39.3 Å². The first-order valence-corrected chi connectivity index (χ1v) is 8.91. The summed E-state index contributed by atoms with van der Waals surface area (Å²) in [6, 6.07) is 3.26. The maximum absolute atomic E-state index is 13.1. The van der Waals surface area contributed by atoms with Gasteiger partial charge in [0, 0.05) is 30.5 Å². The highest BCUT2D eigenvalue weighted by Gasteiger charge is 2.35. The number of nitrogens with one attached hydrogen (secondary N) is 1. The van der Waals surface area contributed by atoms with E-state index in [-0.39, 0.29) is 22.5 Å². The molecular weight excluding hydrogens is 369 g/mol. The number of benzene rings is 1. The third kappa shape index (κ3) is 5.37. The second-order valence-corrected chi connectivity index (χ2v) is 7.37. The van der Waals surface area contributed by atoms with Crippen LogP contribution < -0.4 is 5.32 Å². The van der Waals surface area contributed by atoms with Crippen LogP contribution in [0.15, 0.2) is 18.2 Å². The van der Waals surface area contributed by atoms with Crippen molar-refractivity contribution in [3.63, 3.8) is 0 Å². The lowest BCUT2D eigenvalue weighted by molar-refractivity contribution is -0.137. The van der Waals surface area contributed by atoms with Gasteiger partial charge in [-0.3, -0.25) is 9.59 Å². The zero-order chi connectivity index (χ0) is 19.5. The first-order valence-electron chi connectivity index (χ1n) is 8.53. The van der Waals surface area contributed by atoms with Crippen molar-refractivity contribution in [2.24, 2.45) is 11.8 Å². The molecule has 0 bridgehead atoms. The van der Waals surface area contributed by atoms with Gasteiger partial charge in [0.05, 0.1) is 11.3 Å². The minimum atomic E-state index is -4.61. The van der Waals surface area contributed by atoms with Crippen LogP contribution in [0.4, 0.5) is 18.9 Å².